The molecule has 3 amide bonds. The Morgan fingerprint density at radius 3 is 2.38 bits per heavy atom. The summed E-state index contributed by atoms with van der Waals surface area (Å²) in [5.41, 5.74) is 0.467. The van der Waals surface area contributed by atoms with Gasteiger partial charge in [0.25, 0.3) is 0 Å². The Labute approximate surface area is 220 Å². The van der Waals surface area contributed by atoms with Crippen molar-refractivity contribution in [3.05, 3.63) is 78.5 Å². The van der Waals surface area contributed by atoms with Gasteiger partial charge in [-0.2, -0.15) is 0 Å². The van der Waals surface area contributed by atoms with Crippen LogP contribution in [0, 0.1) is 0 Å². The molecule has 2 heterocycles. The summed E-state index contributed by atoms with van der Waals surface area (Å²) in [4.78, 5) is 50.5. The van der Waals surface area contributed by atoms with Crippen LogP contribution in [0.5, 0.6) is 0 Å². The molecule has 2 N–H and O–H groups in total. The average Bonchev–Trinajstić information content (AvgIpc) is 3.20. The normalized spacial score (nSPS) is 24.8. The molecule has 194 valence electrons. The van der Waals surface area contributed by atoms with Crippen molar-refractivity contribution in [2.24, 2.45) is 0 Å². The standard InChI is InChI=1S/C26H27N3O7Se/c1-17(30)34-16-26(37-20-11-7-4-8-12-20)21(35-18(2)31)15-23(36-26)29-14-13-22(28-25(29)33)27-24(32)19-9-5-3-6-10-19/h3-14,21-23H,15-16H2,1-2H3,(H,27,32)(H,28,33)/t21-,22?,23+,26-/m0/s1. The number of nitrogens with one attached hydrogen (secondary N) is 2. The number of benzene rings is 2. The zero-order valence-corrected chi connectivity index (χ0v) is 22.0. The van der Waals surface area contributed by atoms with E-state index in [0.717, 1.165) is 4.46 Å². The van der Waals surface area contributed by atoms with Crippen molar-refractivity contribution in [3.8, 4) is 0 Å². The Hall–Kier alpha value is -3.66. The van der Waals surface area contributed by atoms with Crippen LogP contribution in [0.1, 0.15) is 30.6 Å². The predicted octanol–water partition coefficient (Wildman–Crippen LogP) is 1.25. The van der Waals surface area contributed by atoms with E-state index in [-0.39, 0.29) is 18.9 Å². The van der Waals surface area contributed by atoms with Gasteiger partial charge in [-0.25, -0.2) is 0 Å². The van der Waals surface area contributed by atoms with Crippen LogP contribution < -0.4 is 15.1 Å². The van der Waals surface area contributed by atoms with Gasteiger partial charge in [0, 0.05) is 0 Å². The van der Waals surface area contributed by atoms with Crippen molar-refractivity contribution in [2.75, 3.05) is 6.61 Å². The molecule has 0 saturated carbocycles. The van der Waals surface area contributed by atoms with Crippen LogP contribution >= 0.6 is 0 Å². The molecule has 0 bridgehead atoms. The number of nitrogens with zero attached hydrogens (tertiary/aromatic N) is 1. The fourth-order valence-electron chi connectivity index (χ4n) is 3.99. The van der Waals surface area contributed by atoms with Crippen LogP contribution in [0.25, 0.3) is 0 Å². The molecule has 0 aliphatic carbocycles. The van der Waals surface area contributed by atoms with E-state index in [9.17, 15) is 19.2 Å². The molecule has 2 aromatic carbocycles. The summed E-state index contributed by atoms with van der Waals surface area (Å²) >= 11 is -0.444. The molecule has 37 heavy (non-hydrogen) atoms. The van der Waals surface area contributed by atoms with Crippen LogP contribution in [0.4, 0.5) is 4.79 Å². The van der Waals surface area contributed by atoms with E-state index in [1.807, 2.05) is 36.4 Å². The molecule has 2 aliphatic rings. The number of ether oxygens (including phenoxy) is 3. The van der Waals surface area contributed by atoms with Crippen LogP contribution in [0.2, 0.25) is 0 Å². The molecule has 4 atom stereocenters. The first kappa shape index (κ1) is 26.4. The van der Waals surface area contributed by atoms with Crippen LogP contribution in [0.15, 0.2) is 72.9 Å². The zero-order valence-electron chi connectivity index (χ0n) is 20.3. The third-order valence-electron chi connectivity index (χ3n) is 5.65. The maximum atomic E-state index is 13.0. The van der Waals surface area contributed by atoms with Crippen molar-refractivity contribution < 1.29 is 33.4 Å². The number of carbonyl (C=O) groups excluding carboxylic acids is 4. The van der Waals surface area contributed by atoms with Gasteiger partial charge in [-0.3, -0.25) is 0 Å². The molecule has 0 radical (unpaired) electrons. The van der Waals surface area contributed by atoms with Gasteiger partial charge in [-0.15, -0.1) is 0 Å². The molecular formula is C26H27N3O7Se. The molecule has 4 rings (SSSR count). The Morgan fingerprint density at radius 2 is 1.76 bits per heavy atom. The van der Waals surface area contributed by atoms with Crippen molar-refractivity contribution in [1.82, 2.24) is 15.5 Å². The summed E-state index contributed by atoms with van der Waals surface area (Å²) in [6, 6.07) is 17.7. The van der Waals surface area contributed by atoms with E-state index in [1.54, 1.807) is 30.3 Å². The fourth-order valence-corrected chi connectivity index (χ4v) is 6.60. The number of esters is 2. The first-order valence-corrected chi connectivity index (χ1v) is 13.3. The van der Waals surface area contributed by atoms with Crippen molar-refractivity contribution >= 4 is 43.3 Å². The van der Waals surface area contributed by atoms with Crippen molar-refractivity contribution in [1.29, 1.82) is 0 Å². The first-order chi connectivity index (χ1) is 17.8. The van der Waals surface area contributed by atoms with Gasteiger partial charge in [-0.05, 0) is 0 Å². The summed E-state index contributed by atoms with van der Waals surface area (Å²) in [7, 11) is 0. The summed E-state index contributed by atoms with van der Waals surface area (Å²) in [6.07, 6.45) is 1.05. The Morgan fingerprint density at radius 1 is 1.08 bits per heavy atom. The monoisotopic (exact) mass is 573 g/mol. The SMILES string of the molecule is CC(=O)OC[C@@]1([Se]c2ccccc2)O[C@@H](N2C=CC(NC(=O)c3ccccc3)NC2=O)C[C@@H]1OC(C)=O. The third kappa shape index (κ3) is 6.56. The topological polar surface area (TPSA) is 123 Å². The third-order valence-corrected chi connectivity index (χ3v) is 8.44. The van der Waals surface area contributed by atoms with Gasteiger partial charge in [-0.1, -0.05) is 6.07 Å². The molecule has 11 heteroatoms. The van der Waals surface area contributed by atoms with Gasteiger partial charge in [0.05, 0.1) is 0 Å². The molecule has 1 unspecified atom stereocenters. The van der Waals surface area contributed by atoms with Gasteiger partial charge < -0.3 is 0 Å². The first-order valence-electron chi connectivity index (χ1n) is 11.6. The van der Waals surface area contributed by atoms with Gasteiger partial charge >= 0.3 is 215 Å². The second-order valence-corrected chi connectivity index (χ2v) is 11.3. The average molecular weight is 572 g/mol. The van der Waals surface area contributed by atoms with E-state index in [2.05, 4.69) is 10.6 Å². The summed E-state index contributed by atoms with van der Waals surface area (Å²) < 4.78 is 17.2. The van der Waals surface area contributed by atoms with Crippen molar-refractivity contribution in [2.45, 2.75) is 43.3 Å². The number of amides is 3. The van der Waals surface area contributed by atoms with Gasteiger partial charge in [0.15, 0.2) is 0 Å². The fraction of sp³-hybridized carbons (Fsp3) is 0.308. The number of carbonyl (C=O) groups is 4. The number of urea groups is 1. The van der Waals surface area contributed by atoms with Gasteiger partial charge in [0.2, 0.25) is 0 Å². The zero-order chi connectivity index (χ0) is 26.4. The summed E-state index contributed by atoms with van der Waals surface area (Å²) in [5.74, 6) is -1.33. The molecule has 1 saturated heterocycles. The Bertz CT molecular complexity index is 1180. The van der Waals surface area contributed by atoms with Gasteiger partial charge in [0.1, 0.15) is 0 Å². The maximum absolute atomic E-state index is 13.0. The van der Waals surface area contributed by atoms with E-state index in [1.165, 1.54) is 24.9 Å². The van der Waals surface area contributed by atoms with E-state index in [4.69, 9.17) is 14.2 Å². The van der Waals surface area contributed by atoms with E-state index < -0.39 is 55.9 Å². The van der Waals surface area contributed by atoms with Crippen LogP contribution in [0.3, 0.4) is 0 Å². The number of hydrogen-bond donors (Lipinski definition) is 2. The minimum atomic E-state index is -1.15. The Balaban J connectivity index is 1.53. The number of rotatable bonds is 8. The Kier molecular flexibility index (Phi) is 8.27. The molecule has 2 aliphatic heterocycles. The number of hydrogen-bond acceptors (Lipinski definition) is 7. The van der Waals surface area contributed by atoms with Crippen molar-refractivity contribution in [3.63, 3.8) is 0 Å². The molecular weight excluding hydrogens is 545 g/mol. The van der Waals surface area contributed by atoms with Crippen LogP contribution in [-0.2, 0) is 23.8 Å². The molecule has 1 fully saturated rings. The minimum absolute atomic E-state index is 0.138. The molecule has 0 spiro atoms. The molecule has 2 aromatic rings. The second-order valence-electron chi connectivity index (χ2n) is 8.43. The second kappa shape index (κ2) is 11.6. The molecule has 0 aromatic heterocycles. The predicted molar refractivity (Wildman–Crippen MR) is 133 cm³/mol. The van der Waals surface area contributed by atoms with Crippen LogP contribution in [-0.4, -0.2) is 73.3 Å². The summed E-state index contributed by atoms with van der Waals surface area (Å²) in [6.45, 7) is 2.45. The van der Waals surface area contributed by atoms with E-state index in [0.29, 0.717) is 5.56 Å². The van der Waals surface area contributed by atoms with E-state index >= 15 is 0 Å². The quantitative estimate of drug-likeness (QED) is 0.361. The summed E-state index contributed by atoms with van der Waals surface area (Å²) in [5, 5.41) is 5.47. The molecule has 10 nitrogen and oxygen atoms in total.